The Morgan fingerprint density at radius 3 is 1.85 bits per heavy atom. The van der Waals surface area contributed by atoms with Crippen LogP contribution in [0.25, 0.3) is 0 Å². The van der Waals surface area contributed by atoms with Crippen molar-refractivity contribution < 1.29 is 19.2 Å². The molecule has 0 fully saturated rings. The summed E-state index contributed by atoms with van der Waals surface area (Å²) in [5.74, 6) is -0.408. The SMILES string of the molecule is C=COC(C(=O)N(OC=C)OC=C)=C(CCC)CCC. The van der Waals surface area contributed by atoms with Gasteiger partial charge in [0.2, 0.25) is 0 Å². The monoisotopic (exact) mass is 281 g/mol. The Labute approximate surface area is 120 Å². The molecule has 0 N–H and O–H groups in total. The van der Waals surface area contributed by atoms with Crippen molar-refractivity contribution in [3.63, 3.8) is 0 Å². The first-order chi connectivity index (χ1) is 9.65. The normalized spacial score (nSPS) is 9.10. The zero-order valence-electron chi connectivity index (χ0n) is 12.3. The molecule has 0 heterocycles. The van der Waals surface area contributed by atoms with Crippen LogP contribution in [0.15, 0.2) is 49.9 Å². The molecule has 0 saturated heterocycles. The molecule has 0 unspecified atom stereocenters. The highest BCUT2D eigenvalue weighted by atomic mass is 16.9. The van der Waals surface area contributed by atoms with Gasteiger partial charge < -0.3 is 14.4 Å². The van der Waals surface area contributed by atoms with Gasteiger partial charge >= 0.3 is 5.91 Å². The van der Waals surface area contributed by atoms with Gasteiger partial charge in [-0.05, 0) is 18.4 Å². The lowest BCUT2D eigenvalue weighted by molar-refractivity contribution is -0.288. The fourth-order valence-corrected chi connectivity index (χ4v) is 1.66. The van der Waals surface area contributed by atoms with Crippen molar-refractivity contribution in [2.45, 2.75) is 39.5 Å². The third-order valence-electron chi connectivity index (χ3n) is 2.33. The van der Waals surface area contributed by atoms with E-state index in [2.05, 4.69) is 19.7 Å². The number of carbonyl (C=O) groups is 1. The topological polar surface area (TPSA) is 48.0 Å². The average Bonchev–Trinajstić information content (AvgIpc) is 2.44. The quantitative estimate of drug-likeness (QED) is 0.326. The molecule has 0 aromatic rings. The van der Waals surface area contributed by atoms with Crippen LogP contribution in [0.5, 0.6) is 0 Å². The van der Waals surface area contributed by atoms with Gasteiger partial charge in [-0.2, -0.15) is 0 Å². The van der Waals surface area contributed by atoms with Crippen LogP contribution in [0, 0.1) is 0 Å². The van der Waals surface area contributed by atoms with Crippen molar-refractivity contribution in [1.29, 1.82) is 0 Å². The number of allylic oxidation sites excluding steroid dienone is 1. The first-order valence-corrected chi connectivity index (χ1v) is 6.55. The van der Waals surface area contributed by atoms with E-state index in [1.54, 1.807) is 0 Å². The van der Waals surface area contributed by atoms with E-state index in [1.165, 1.54) is 6.26 Å². The van der Waals surface area contributed by atoms with Crippen LogP contribution in [0.2, 0.25) is 0 Å². The van der Waals surface area contributed by atoms with Gasteiger partial charge in [-0.25, -0.2) is 0 Å². The summed E-state index contributed by atoms with van der Waals surface area (Å²) in [6.45, 7) is 14.3. The highest BCUT2D eigenvalue weighted by molar-refractivity contribution is 5.91. The highest BCUT2D eigenvalue weighted by Crippen LogP contribution is 2.21. The molecular formula is C15H23NO4. The number of hydrogen-bond acceptors (Lipinski definition) is 4. The lowest BCUT2D eigenvalue weighted by atomic mass is 10.0. The summed E-state index contributed by atoms with van der Waals surface area (Å²) in [6, 6.07) is 0. The van der Waals surface area contributed by atoms with Crippen LogP contribution in [0.1, 0.15) is 39.5 Å². The number of ether oxygens (including phenoxy) is 1. The Morgan fingerprint density at radius 2 is 1.50 bits per heavy atom. The molecule has 20 heavy (non-hydrogen) atoms. The molecule has 0 aromatic carbocycles. The maximum Gasteiger partial charge on any atom is 0.361 e. The van der Waals surface area contributed by atoms with Gasteiger partial charge in [-0.1, -0.05) is 46.4 Å². The summed E-state index contributed by atoms with van der Waals surface area (Å²) < 4.78 is 5.27. The molecule has 0 aliphatic carbocycles. The van der Waals surface area contributed by atoms with Gasteiger partial charge in [0.15, 0.2) is 5.76 Å². The van der Waals surface area contributed by atoms with Crippen LogP contribution in [-0.4, -0.2) is 11.1 Å². The lowest BCUT2D eigenvalue weighted by Gasteiger charge is -2.20. The summed E-state index contributed by atoms with van der Waals surface area (Å²) in [7, 11) is 0. The number of carbonyl (C=O) groups excluding carboxylic acids is 1. The zero-order valence-corrected chi connectivity index (χ0v) is 12.3. The first kappa shape index (κ1) is 17.8. The van der Waals surface area contributed by atoms with Gasteiger partial charge in [0.05, 0.1) is 6.26 Å². The van der Waals surface area contributed by atoms with Crippen LogP contribution in [-0.2, 0) is 19.2 Å². The fourth-order valence-electron chi connectivity index (χ4n) is 1.66. The summed E-state index contributed by atoms with van der Waals surface area (Å²) >= 11 is 0. The Kier molecular flexibility index (Phi) is 9.56. The molecule has 0 aromatic heterocycles. The number of nitrogens with zero attached hydrogens (tertiary/aromatic N) is 1. The largest absolute Gasteiger partial charge is 0.460 e. The van der Waals surface area contributed by atoms with E-state index in [4.69, 9.17) is 14.4 Å². The van der Waals surface area contributed by atoms with Crippen molar-refractivity contribution in [2.75, 3.05) is 0 Å². The number of hydroxylamine groups is 2. The minimum absolute atomic E-state index is 0.160. The van der Waals surface area contributed by atoms with Crippen LogP contribution in [0.4, 0.5) is 0 Å². The Bertz CT molecular complexity index is 356. The first-order valence-electron chi connectivity index (χ1n) is 6.55. The highest BCUT2D eigenvalue weighted by Gasteiger charge is 2.25. The summed E-state index contributed by atoms with van der Waals surface area (Å²) in [4.78, 5) is 22.1. The maximum atomic E-state index is 12.4. The van der Waals surface area contributed by atoms with E-state index in [0.29, 0.717) is 5.23 Å². The molecule has 112 valence electrons. The van der Waals surface area contributed by atoms with Crippen LogP contribution >= 0.6 is 0 Å². The second kappa shape index (κ2) is 10.7. The predicted octanol–water partition coefficient (Wildman–Crippen LogP) is 3.98. The van der Waals surface area contributed by atoms with E-state index in [9.17, 15) is 4.79 Å². The van der Waals surface area contributed by atoms with E-state index in [1.807, 2.05) is 13.8 Å². The minimum atomic E-state index is -0.568. The molecule has 0 atom stereocenters. The van der Waals surface area contributed by atoms with Crippen molar-refractivity contribution in [3.05, 3.63) is 49.9 Å². The molecule has 0 aliphatic rings. The number of rotatable bonds is 11. The van der Waals surface area contributed by atoms with Gasteiger partial charge in [0.25, 0.3) is 0 Å². The summed E-state index contributed by atoms with van der Waals surface area (Å²) in [5.41, 5.74) is 0.894. The van der Waals surface area contributed by atoms with Crippen molar-refractivity contribution in [3.8, 4) is 0 Å². The third-order valence-corrected chi connectivity index (χ3v) is 2.33. The molecule has 0 spiro atoms. The Morgan fingerprint density at radius 1 is 1.00 bits per heavy atom. The van der Waals surface area contributed by atoms with Crippen molar-refractivity contribution in [1.82, 2.24) is 5.23 Å². The van der Waals surface area contributed by atoms with Crippen molar-refractivity contribution >= 4 is 5.91 Å². The standard InChI is InChI=1S/C15H23NO4/c1-6-11-13(12-7-2)14(18-8-3)15(17)16(19-9-4)20-10-5/h8-10H,3-7,11-12H2,1-2H3. The summed E-state index contributed by atoms with van der Waals surface area (Å²) in [5, 5.41) is 0.657. The minimum Gasteiger partial charge on any atom is -0.460 e. The molecule has 1 amide bonds. The van der Waals surface area contributed by atoms with Crippen LogP contribution < -0.4 is 0 Å². The second-order valence-electron chi connectivity index (χ2n) is 3.82. The Balaban J connectivity index is 5.42. The second-order valence-corrected chi connectivity index (χ2v) is 3.82. The molecule has 0 aliphatic heterocycles. The van der Waals surface area contributed by atoms with E-state index in [0.717, 1.165) is 43.8 Å². The van der Waals surface area contributed by atoms with Crippen molar-refractivity contribution in [2.24, 2.45) is 0 Å². The van der Waals surface area contributed by atoms with Gasteiger partial charge in [-0.15, -0.1) is 0 Å². The molecular weight excluding hydrogens is 258 g/mol. The number of hydrogen-bond donors (Lipinski definition) is 0. The molecule has 0 bridgehead atoms. The van der Waals surface area contributed by atoms with Gasteiger partial charge in [0, 0.05) is 5.23 Å². The molecule has 0 saturated carbocycles. The third kappa shape index (κ3) is 5.65. The summed E-state index contributed by atoms with van der Waals surface area (Å²) in [6.07, 6.45) is 6.66. The van der Waals surface area contributed by atoms with E-state index < -0.39 is 5.91 Å². The molecule has 0 radical (unpaired) electrons. The van der Waals surface area contributed by atoms with Gasteiger partial charge in [-0.3, -0.25) is 4.79 Å². The van der Waals surface area contributed by atoms with Crippen LogP contribution in [0.3, 0.4) is 0 Å². The number of amides is 1. The molecule has 0 rings (SSSR count). The molecule has 5 nitrogen and oxygen atoms in total. The average molecular weight is 281 g/mol. The Hall–Kier alpha value is -2.17. The van der Waals surface area contributed by atoms with Gasteiger partial charge in [0.1, 0.15) is 12.5 Å². The molecule has 5 heteroatoms. The van der Waals surface area contributed by atoms with E-state index in [-0.39, 0.29) is 5.76 Å². The maximum absolute atomic E-state index is 12.4. The predicted molar refractivity (Wildman–Crippen MR) is 77.5 cm³/mol. The van der Waals surface area contributed by atoms with E-state index >= 15 is 0 Å². The zero-order chi connectivity index (χ0) is 15.4. The lowest BCUT2D eigenvalue weighted by Crippen LogP contribution is -2.30. The fraction of sp³-hybridized carbons (Fsp3) is 0.400. The smallest absolute Gasteiger partial charge is 0.361 e.